The van der Waals surface area contributed by atoms with Crippen LogP contribution >= 0.6 is 0 Å². The first-order valence-corrected chi connectivity index (χ1v) is 9.57. The third-order valence-electron chi connectivity index (χ3n) is 3.99. The molecule has 0 spiro atoms. The van der Waals surface area contributed by atoms with Crippen LogP contribution in [0.4, 0.5) is 11.4 Å². The SMILES string of the molecule is CS(=O)(=O)c1cccc(N2CCOC(Cn3cccn3)C2)c1[N+](=O)[O-]. The van der Waals surface area contributed by atoms with Crippen molar-refractivity contribution >= 4 is 21.2 Å². The van der Waals surface area contributed by atoms with E-state index in [1.807, 2.05) is 6.20 Å². The Morgan fingerprint density at radius 1 is 1.40 bits per heavy atom. The first-order valence-electron chi connectivity index (χ1n) is 7.67. The fourth-order valence-electron chi connectivity index (χ4n) is 2.91. The third-order valence-corrected chi connectivity index (χ3v) is 5.12. The lowest BCUT2D eigenvalue weighted by Gasteiger charge is -2.34. The average molecular weight is 366 g/mol. The van der Waals surface area contributed by atoms with E-state index in [0.29, 0.717) is 31.9 Å². The number of ether oxygens (including phenoxy) is 1. The fourth-order valence-corrected chi connectivity index (χ4v) is 3.77. The van der Waals surface area contributed by atoms with Gasteiger partial charge in [-0.3, -0.25) is 14.8 Å². The van der Waals surface area contributed by atoms with Crippen molar-refractivity contribution in [1.82, 2.24) is 9.78 Å². The lowest BCUT2D eigenvalue weighted by molar-refractivity contribution is -0.387. The largest absolute Gasteiger partial charge is 0.373 e. The highest BCUT2D eigenvalue weighted by atomic mass is 32.2. The van der Waals surface area contributed by atoms with Gasteiger partial charge in [0.15, 0.2) is 9.84 Å². The average Bonchev–Trinajstić information content (AvgIpc) is 3.06. The van der Waals surface area contributed by atoms with Gasteiger partial charge in [-0.05, 0) is 18.2 Å². The molecule has 1 unspecified atom stereocenters. The number of hydrogen-bond acceptors (Lipinski definition) is 7. The van der Waals surface area contributed by atoms with Crippen molar-refractivity contribution in [3.63, 3.8) is 0 Å². The molecule has 2 heterocycles. The molecule has 0 radical (unpaired) electrons. The molecule has 0 aliphatic carbocycles. The van der Waals surface area contributed by atoms with E-state index >= 15 is 0 Å². The summed E-state index contributed by atoms with van der Waals surface area (Å²) >= 11 is 0. The Labute approximate surface area is 144 Å². The van der Waals surface area contributed by atoms with Gasteiger partial charge in [-0.1, -0.05) is 6.07 Å². The number of nitro groups is 1. The number of aromatic nitrogens is 2. The molecular weight excluding hydrogens is 348 g/mol. The second kappa shape index (κ2) is 6.81. The summed E-state index contributed by atoms with van der Waals surface area (Å²) in [5, 5.41) is 15.7. The van der Waals surface area contributed by atoms with Crippen LogP contribution in [-0.4, -0.2) is 55.2 Å². The van der Waals surface area contributed by atoms with E-state index in [1.54, 1.807) is 27.9 Å². The van der Waals surface area contributed by atoms with Crippen molar-refractivity contribution in [2.45, 2.75) is 17.5 Å². The van der Waals surface area contributed by atoms with Gasteiger partial charge >= 0.3 is 5.69 Å². The molecule has 0 N–H and O–H groups in total. The van der Waals surface area contributed by atoms with Crippen LogP contribution in [-0.2, 0) is 21.1 Å². The predicted octanol–water partition coefficient (Wildman–Crippen LogP) is 1.10. The molecule has 0 saturated carbocycles. The van der Waals surface area contributed by atoms with Gasteiger partial charge in [-0.25, -0.2) is 8.42 Å². The minimum Gasteiger partial charge on any atom is -0.373 e. The molecule has 1 aliphatic heterocycles. The van der Waals surface area contributed by atoms with Crippen LogP contribution in [0.25, 0.3) is 0 Å². The Morgan fingerprint density at radius 3 is 2.84 bits per heavy atom. The molecule has 0 bridgehead atoms. The molecule has 9 nitrogen and oxygen atoms in total. The third kappa shape index (κ3) is 3.80. The summed E-state index contributed by atoms with van der Waals surface area (Å²) in [5.74, 6) is 0. The molecule has 1 saturated heterocycles. The van der Waals surface area contributed by atoms with E-state index in [2.05, 4.69) is 5.10 Å². The van der Waals surface area contributed by atoms with Crippen LogP contribution < -0.4 is 4.90 Å². The molecule has 3 rings (SSSR count). The van der Waals surface area contributed by atoms with Crippen LogP contribution in [0.3, 0.4) is 0 Å². The second-order valence-electron chi connectivity index (χ2n) is 5.82. The normalized spacial score (nSPS) is 18.3. The van der Waals surface area contributed by atoms with Gasteiger partial charge in [-0.2, -0.15) is 5.10 Å². The van der Waals surface area contributed by atoms with Gasteiger partial charge in [0.05, 0.1) is 24.2 Å². The Balaban J connectivity index is 1.91. The van der Waals surface area contributed by atoms with E-state index in [-0.39, 0.29) is 16.7 Å². The van der Waals surface area contributed by atoms with E-state index in [4.69, 9.17) is 4.74 Å². The molecule has 1 fully saturated rings. The molecule has 25 heavy (non-hydrogen) atoms. The zero-order valence-corrected chi connectivity index (χ0v) is 14.4. The zero-order chi connectivity index (χ0) is 18.0. The van der Waals surface area contributed by atoms with Gasteiger partial charge in [0.2, 0.25) is 0 Å². The standard InChI is InChI=1S/C15H18N4O5S/c1-25(22,23)14-5-2-4-13(15(14)19(20)21)17-8-9-24-12(10-17)11-18-7-3-6-16-18/h2-7,12H,8-11H2,1H3. The number of anilines is 1. The molecule has 1 aromatic carbocycles. The highest BCUT2D eigenvalue weighted by molar-refractivity contribution is 7.90. The van der Waals surface area contributed by atoms with Crippen molar-refractivity contribution < 1.29 is 18.1 Å². The first kappa shape index (κ1) is 17.4. The van der Waals surface area contributed by atoms with Crippen LogP contribution in [0, 0.1) is 10.1 Å². The highest BCUT2D eigenvalue weighted by Gasteiger charge is 2.31. The van der Waals surface area contributed by atoms with E-state index in [9.17, 15) is 18.5 Å². The minimum absolute atomic E-state index is 0.199. The lowest BCUT2D eigenvalue weighted by Crippen LogP contribution is -2.44. The summed E-state index contributed by atoms with van der Waals surface area (Å²) in [6, 6.07) is 6.17. The number of hydrogen-bond donors (Lipinski definition) is 0. The fraction of sp³-hybridized carbons (Fsp3) is 0.400. The van der Waals surface area contributed by atoms with Crippen LogP contribution in [0.15, 0.2) is 41.6 Å². The quantitative estimate of drug-likeness (QED) is 0.576. The Hall–Kier alpha value is -2.46. The monoisotopic (exact) mass is 366 g/mol. The minimum atomic E-state index is -3.71. The summed E-state index contributed by atoms with van der Waals surface area (Å²) in [4.78, 5) is 12.4. The van der Waals surface area contributed by atoms with Gasteiger partial charge in [0.25, 0.3) is 0 Å². The molecule has 2 aromatic rings. The molecule has 1 aromatic heterocycles. The van der Waals surface area contributed by atoms with E-state index in [0.717, 1.165) is 6.26 Å². The van der Waals surface area contributed by atoms with Crippen LogP contribution in [0.1, 0.15) is 0 Å². The van der Waals surface area contributed by atoms with Crippen molar-refractivity contribution in [3.8, 4) is 0 Å². The number of nitro benzene ring substituents is 1. The Bertz CT molecular complexity index is 866. The molecule has 10 heteroatoms. The molecule has 0 amide bonds. The first-order chi connectivity index (χ1) is 11.9. The number of benzene rings is 1. The Morgan fingerprint density at radius 2 is 2.20 bits per heavy atom. The van der Waals surface area contributed by atoms with Gasteiger partial charge in [0.1, 0.15) is 10.6 Å². The summed E-state index contributed by atoms with van der Waals surface area (Å²) in [6.07, 6.45) is 4.25. The number of para-hydroxylation sites is 1. The number of nitrogens with zero attached hydrogens (tertiary/aromatic N) is 4. The van der Waals surface area contributed by atoms with Crippen molar-refractivity contribution in [2.75, 3.05) is 30.9 Å². The Kier molecular flexibility index (Phi) is 4.73. The number of sulfone groups is 1. The zero-order valence-electron chi connectivity index (χ0n) is 13.6. The van der Waals surface area contributed by atoms with Crippen molar-refractivity contribution in [3.05, 3.63) is 46.8 Å². The molecule has 1 aliphatic rings. The predicted molar refractivity (Wildman–Crippen MR) is 90.4 cm³/mol. The summed E-state index contributed by atoms with van der Waals surface area (Å²) in [6.45, 7) is 1.77. The van der Waals surface area contributed by atoms with E-state index < -0.39 is 14.8 Å². The summed E-state index contributed by atoms with van der Waals surface area (Å²) in [5.41, 5.74) is -0.0913. The maximum atomic E-state index is 11.9. The van der Waals surface area contributed by atoms with Crippen molar-refractivity contribution in [1.29, 1.82) is 0 Å². The smallest absolute Gasteiger partial charge is 0.311 e. The molecular formula is C15H18N4O5S. The van der Waals surface area contributed by atoms with Gasteiger partial charge < -0.3 is 9.64 Å². The summed E-state index contributed by atoms with van der Waals surface area (Å²) in [7, 11) is -3.71. The van der Waals surface area contributed by atoms with Crippen molar-refractivity contribution in [2.24, 2.45) is 0 Å². The van der Waals surface area contributed by atoms with Gasteiger partial charge in [-0.15, -0.1) is 0 Å². The number of morpholine rings is 1. The maximum Gasteiger partial charge on any atom is 0.311 e. The molecule has 1 atom stereocenters. The van der Waals surface area contributed by atoms with Crippen LogP contribution in [0.2, 0.25) is 0 Å². The lowest BCUT2D eigenvalue weighted by atomic mass is 10.2. The number of rotatable bonds is 5. The summed E-state index contributed by atoms with van der Waals surface area (Å²) < 4.78 is 31.3. The van der Waals surface area contributed by atoms with E-state index in [1.165, 1.54) is 12.1 Å². The second-order valence-corrected chi connectivity index (χ2v) is 7.80. The maximum absolute atomic E-state index is 11.9. The van der Waals surface area contributed by atoms with Crippen LogP contribution in [0.5, 0.6) is 0 Å². The highest BCUT2D eigenvalue weighted by Crippen LogP contribution is 2.35. The molecule has 134 valence electrons. The topological polar surface area (TPSA) is 108 Å². The van der Waals surface area contributed by atoms with Gasteiger partial charge in [0, 0.05) is 31.7 Å².